The smallest absolute Gasteiger partial charge is 0.416 e. The molecule has 210 valence electrons. The van der Waals surface area contributed by atoms with Crippen LogP contribution in [0.1, 0.15) is 60.0 Å². The molecule has 2 aliphatic carbocycles. The average molecular weight is 547 g/mol. The van der Waals surface area contributed by atoms with Crippen molar-refractivity contribution in [1.82, 2.24) is 20.5 Å². The van der Waals surface area contributed by atoms with Crippen LogP contribution in [0.15, 0.2) is 42.6 Å². The number of benzene rings is 1. The maximum atomic E-state index is 12.9. The van der Waals surface area contributed by atoms with Gasteiger partial charge in [0.1, 0.15) is 0 Å². The third kappa shape index (κ3) is 5.89. The largest absolute Gasteiger partial charge is 0.481 e. The zero-order valence-electron chi connectivity index (χ0n) is 21.8. The SMILES string of the molecule is COc1ccc(C2(O)CCC(NC3C[C@@]34CCN(C(=O)CNC(=O)c3cccc(C(F)(F)F)c3)C4)CC2)cn1. The number of carbonyl (C=O) groups excluding carboxylic acids is 2. The average Bonchev–Trinajstić information content (AvgIpc) is 3.40. The molecule has 5 rings (SSSR count). The van der Waals surface area contributed by atoms with Crippen LogP contribution >= 0.6 is 0 Å². The fraction of sp³-hybridized carbons (Fsp3) is 0.536. The number of alkyl halides is 3. The van der Waals surface area contributed by atoms with Crippen LogP contribution in [0.3, 0.4) is 0 Å². The zero-order valence-corrected chi connectivity index (χ0v) is 21.8. The Morgan fingerprint density at radius 3 is 2.62 bits per heavy atom. The van der Waals surface area contributed by atoms with Crippen molar-refractivity contribution in [2.75, 3.05) is 26.7 Å². The lowest BCUT2D eigenvalue weighted by Crippen LogP contribution is -2.42. The van der Waals surface area contributed by atoms with Gasteiger partial charge in [0.2, 0.25) is 11.8 Å². The molecule has 2 aromatic rings. The number of halogens is 3. The molecule has 2 atom stereocenters. The van der Waals surface area contributed by atoms with Gasteiger partial charge in [0, 0.05) is 54.0 Å². The van der Waals surface area contributed by atoms with Crippen molar-refractivity contribution in [1.29, 1.82) is 0 Å². The van der Waals surface area contributed by atoms with E-state index in [-0.39, 0.29) is 29.5 Å². The minimum atomic E-state index is -4.54. The van der Waals surface area contributed by atoms with Crippen molar-refractivity contribution >= 4 is 11.8 Å². The number of rotatable bonds is 7. The van der Waals surface area contributed by atoms with Crippen molar-refractivity contribution in [3.63, 3.8) is 0 Å². The summed E-state index contributed by atoms with van der Waals surface area (Å²) in [6, 6.07) is 8.36. The lowest BCUT2D eigenvalue weighted by Gasteiger charge is -2.37. The van der Waals surface area contributed by atoms with Crippen LogP contribution in [0.25, 0.3) is 0 Å². The summed E-state index contributed by atoms with van der Waals surface area (Å²) in [5, 5.41) is 17.3. The minimum absolute atomic E-state index is 0.0222. The van der Waals surface area contributed by atoms with Crippen LogP contribution in [0, 0.1) is 5.41 Å². The summed E-state index contributed by atoms with van der Waals surface area (Å²) in [4.78, 5) is 31.0. The van der Waals surface area contributed by atoms with E-state index < -0.39 is 23.2 Å². The Morgan fingerprint density at radius 2 is 1.95 bits per heavy atom. The maximum Gasteiger partial charge on any atom is 0.416 e. The molecular formula is C28H33F3N4O4. The second-order valence-corrected chi connectivity index (χ2v) is 11.0. The Labute approximate surface area is 224 Å². The van der Waals surface area contributed by atoms with E-state index >= 15 is 0 Å². The molecule has 8 nitrogen and oxygen atoms in total. The normalized spacial score (nSPS) is 28.4. The molecule has 1 aromatic carbocycles. The van der Waals surface area contributed by atoms with Crippen LogP contribution < -0.4 is 15.4 Å². The molecular weight excluding hydrogens is 513 g/mol. The highest BCUT2D eigenvalue weighted by Crippen LogP contribution is 2.53. The van der Waals surface area contributed by atoms with Crippen LogP contribution in [0.2, 0.25) is 0 Å². The molecule has 3 aliphatic rings. The van der Waals surface area contributed by atoms with Crippen LogP contribution in [0.4, 0.5) is 13.2 Å². The second-order valence-electron chi connectivity index (χ2n) is 11.0. The Kier molecular flexibility index (Phi) is 7.32. The number of carbonyl (C=O) groups is 2. The van der Waals surface area contributed by atoms with Crippen LogP contribution in [-0.2, 0) is 16.6 Å². The third-order valence-electron chi connectivity index (χ3n) is 8.51. The fourth-order valence-electron chi connectivity index (χ4n) is 5.96. The molecule has 2 amide bonds. The number of hydrogen-bond donors (Lipinski definition) is 3. The molecule has 3 N–H and O–H groups in total. The van der Waals surface area contributed by atoms with Gasteiger partial charge in [0.15, 0.2) is 0 Å². The van der Waals surface area contributed by atoms with E-state index in [0.29, 0.717) is 37.9 Å². The highest BCUT2D eigenvalue weighted by atomic mass is 19.4. The predicted molar refractivity (Wildman–Crippen MR) is 136 cm³/mol. The first-order valence-electron chi connectivity index (χ1n) is 13.2. The number of nitrogens with one attached hydrogen (secondary N) is 2. The first-order valence-corrected chi connectivity index (χ1v) is 13.2. The van der Waals surface area contributed by atoms with Gasteiger partial charge in [-0.3, -0.25) is 9.59 Å². The molecule has 2 heterocycles. The van der Waals surface area contributed by atoms with E-state index in [1.807, 2.05) is 6.07 Å². The first kappa shape index (κ1) is 27.4. The number of pyridine rings is 1. The summed E-state index contributed by atoms with van der Waals surface area (Å²) in [7, 11) is 1.56. The zero-order chi connectivity index (χ0) is 27.8. The van der Waals surface area contributed by atoms with E-state index in [1.54, 1.807) is 24.3 Å². The van der Waals surface area contributed by atoms with Crippen molar-refractivity contribution in [3.05, 3.63) is 59.3 Å². The fourth-order valence-corrected chi connectivity index (χ4v) is 5.96. The van der Waals surface area contributed by atoms with E-state index in [2.05, 4.69) is 15.6 Å². The Balaban J connectivity index is 1.07. The van der Waals surface area contributed by atoms with Crippen molar-refractivity contribution in [3.8, 4) is 5.88 Å². The summed E-state index contributed by atoms with van der Waals surface area (Å²) in [5.74, 6) is -0.440. The molecule has 1 aliphatic heterocycles. The molecule has 1 unspecified atom stereocenters. The van der Waals surface area contributed by atoms with E-state index in [0.717, 1.165) is 43.4 Å². The predicted octanol–water partition coefficient (Wildman–Crippen LogP) is 3.25. The topological polar surface area (TPSA) is 104 Å². The molecule has 39 heavy (non-hydrogen) atoms. The molecule has 3 fully saturated rings. The number of nitrogens with zero attached hydrogens (tertiary/aromatic N) is 2. The minimum Gasteiger partial charge on any atom is -0.481 e. The van der Waals surface area contributed by atoms with Gasteiger partial charge in [-0.1, -0.05) is 6.07 Å². The molecule has 0 bridgehead atoms. The third-order valence-corrected chi connectivity index (χ3v) is 8.51. The second kappa shape index (κ2) is 10.4. The van der Waals surface area contributed by atoms with Gasteiger partial charge in [-0.15, -0.1) is 0 Å². The lowest BCUT2D eigenvalue weighted by atomic mass is 9.78. The van der Waals surface area contributed by atoms with Crippen LogP contribution in [-0.4, -0.2) is 65.6 Å². The maximum absolute atomic E-state index is 12.9. The number of hydrogen-bond acceptors (Lipinski definition) is 6. The number of aromatic nitrogens is 1. The summed E-state index contributed by atoms with van der Waals surface area (Å²) in [5.41, 5.74) is -1.11. The van der Waals surface area contributed by atoms with Crippen molar-refractivity contribution < 1.29 is 32.6 Å². The Morgan fingerprint density at radius 1 is 1.18 bits per heavy atom. The van der Waals surface area contributed by atoms with Crippen molar-refractivity contribution in [2.45, 2.75) is 62.4 Å². The van der Waals surface area contributed by atoms with Gasteiger partial charge in [-0.25, -0.2) is 4.98 Å². The summed E-state index contributed by atoms with van der Waals surface area (Å²) in [6.45, 7) is 0.924. The number of aliphatic hydroxyl groups is 1. The number of likely N-dealkylation sites (tertiary alicyclic amines) is 1. The van der Waals surface area contributed by atoms with Gasteiger partial charge in [-0.05, 0) is 62.8 Å². The number of methoxy groups -OCH3 is 1. The standard InChI is InChI=1S/C28H33F3N4O4/c1-39-23-6-5-20(15-32-23)27(38)9-7-21(8-10-27)34-22-14-26(22)11-12-35(17-26)24(36)16-33-25(37)18-3-2-4-19(13-18)28(29,30)31/h2-6,13,15,21-22,34,38H,7-12,14,16-17H2,1H3,(H,33,37)/t21?,22?,26-,27?/m1/s1. The highest BCUT2D eigenvalue weighted by molar-refractivity contribution is 5.96. The molecule has 2 saturated carbocycles. The summed E-state index contributed by atoms with van der Waals surface area (Å²) < 4.78 is 43.9. The van der Waals surface area contributed by atoms with Crippen LogP contribution in [0.5, 0.6) is 5.88 Å². The van der Waals surface area contributed by atoms with E-state index in [4.69, 9.17) is 4.74 Å². The summed E-state index contributed by atoms with van der Waals surface area (Å²) >= 11 is 0. The molecule has 1 aromatic heterocycles. The Bertz CT molecular complexity index is 1210. The van der Waals surface area contributed by atoms with E-state index in [9.17, 15) is 27.9 Å². The number of ether oxygens (including phenoxy) is 1. The lowest BCUT2D eigenvalue weighted by molar-refractivity contribution is -0.137. The quantitative estimate of drug-likeness (QED) is 0.493. The van der Waals surface area contributed by atoms with Gasteiger partial charge in [-0.2, -0.15) is 13.2 Å². The Hall–Kier alpha value is -3.18. The number of amides is 2. The highest BCUT2D eigenvalue weighted by Gasteiger charge is 2.58. The molecule has 1 spiro atoms. The van der Waals surface area contributed by atoms with Gasteiger partial charge in [0.05, 0.1) is 24.8 Å². The monoisotopic (exact) mass is 546 g/mol. The van der Waals surface area contributed by atoms with E-state index in [1.165, 1.54) is 12.1 Å². The summed E-state index contributed by atoms with van der Waals surface area (Å²) in [6.07, 6.45) is 1.90. The molecule has 1 saturated heterocycles. The molecule has 11 heteroatoms. The van der Waals surface area contributed by atoms with Crippen molar-refractivity contribution in [2.24, 2.45) is 5.41 Å². The van der Waals surface area contributed by atoms with Gasteiger partial charge >= 0.3 is 6.18 Å². The van der Waals surface area contributed by atoms with Gasteiger partial charge in [0.25, 0.3) is 5.91 Å². The molecule has 0 radical (unpaired) electrons. The van der Waals surface area contributed by atoms with Gasteiger partial charge < -0.3 is 25.4 Å². The first-order chi connectivity index (χ1) is 18.5.